The molecule has 0 bridgehead atoms. The number of amides is 2. The van der Waals surface area contributed by atoms with Crippen molar-refractivity contribution in [3.05, 3.63) is 60.2 Å². The van der Waals surface area contributed by atoms with Crippen molar-refractivity contribution in [2.24, 2.45) is 0 Å². The van der Waals surface area contributed by atoms with Crippen LogP contribution in [0.15, 0.2) is 59.5 Å². The van der Waals surface area contributed by atoms with Crippen LogP contribution in [0.2, 0.25) is 0 Å². The van der Waals surface area contributed by atoms with E-state index in [1.165, 1.54) is 11.8 Å². The summed E-state index contributed by atoms with van der Waals surface area (Å²) in [6, 6.07) is 16.9. The van der Waals surface area contributed by atoms with Crippen molar-refractivity contribution in [1.82, 2.24) is 4.90 Å². The Morgan fingerprint density at radius 1 is 0.913 bits per heavy atom. The van der Waals surface area contributed by atoms with Crippen LogP contribution >= 0.6 is 11.8 Å². The quantitative estimate of drug-likeness (QED) is 0.792. The maximum Gasteiger partial charge on any atom is 0.259 e. The van der Waals surface area contributed by atoms with Crippen LogP contribution in [0.1, 0.15) is 10.4 Å². The molecule has 0 aromatic heterocycles. The lowest BCUT2D eigenvalue weighted by molar-refractivity contribution is -0.125. The smallest absolute Gasteiger partial charge is 0.259 e. The predicted molar refractivity (Wildman–Crippen MR) is 95.0 cm³/mol. The van der Waals surface area contributed by atoms with E-state index < -0.39 is 0 Å². The highest BCUT2D eigenvalue weighted by Crippen LogP contribution is 2.25. The molecule has 0 unspecified atom stereocenters. The molecule has 0 N–H and O–H groups in total. The molecule has 0 atom stereocenters. The van der Waals surface area contributed by atoms with Gasteiger partial charge in [0.15, 0.2) is 0 Å². The number of anilines is 1. The second-order valence-corrected chi connectivity index (χ2v) is 6.29. The van der Waals surface area contributed by atoms with E-state index in [1.54, 1.807) is 37.0 Å². The van der Waals surface area contributed by atoms with Crippen LogP contribution in [0.4, 0.5) is 5.69 Å². The first-order valence-corrected chi connectivity index (χ1v) is 8.24. The third kappa shape index (κ3) is 4.36. The number of nitrogens with zero attached hydrogens (tertiary/aromatic N) is 2. The highest BCUT2D eigenvalue weighted by Gasteiger charge is 2.17. The first-order chi connectivity index (χ1) is 11.0. The largest absolute Gasteiger partial charge is 0.348 e. The Kier molecular flexibility index (Phi) is 5.82. The van der Waals surface area contributed by atoms with E-state index in [4.69, 9.17) is 0 Å². The van der Waals surface area contributed by atoms with Crippen molar-refractivity contribution >= 4 is 29.3 Å². The average Bonchev–Trinajstić information content (AvgIpc) is 2.59. The number of hydrogen-bond acceptors (Lipinski definition) is 3. The van der Waals surface area contributed by atoms with Gasteiger partial charge in [0, 0.05) is 31.7 Å². The van der Waals surface area contributed by atoms with E-state index >= 15 is 0 Å². The molecule has 0 aliphatic heterocycles. The number of para-hydroxylation sites is 1. The van der Waals surface area contributed by atoms with E-state index in [1.807, 2.05) is 48.5 Å². The van der Waals surface area contributed by atoms with Crippen LogP contribution in [0.5, 0.6) is 0 Å². The Hall–Kier alpha value is -2.27. The normalized spacial score (nSPS) is 10.2. The van der Waals surface area contributed by atoms with Gasteiger partial charge < -0.3 is 9.80 Å². The summed E-state index contributed by atoms with van der Waals surface area (Å²) in [5.74, 6) is 0.247. The highest BCUT2D eigenvalue weighted by molar-refractivity contribution is 8.00. The second-order valence-electron chi connectivity index (χ2n) is 5.27. The molecule has 0 aliphatic carbocycles. The molecular weight excluding hydrogens is 308 g/mol. The summed E-state index contributed by atoms with van der Waals surface area (Å²) in [5, 5.41) is 0. The van der Waals surface area contributed by atoms with Crippen molar-refractivity contribution in [2.45, 2.75) is 4.90 Å². The monoisotopic (exact) mass is 328 g/mol. The number of thioether (sulfide) groups is 1. The van der Waals surface area contributed by atoms with Gasteiger partial charge in [-0.05, 0) is 24.3 Å². The Balaban J connectivity index is 2.19. The number of benzene rings is 2. The average molecular weight is 328 g/mol. The van der Waals surface area contributed by atoms with Crippen LogP contribution in [-0.4, -0.2) is 43.6 Å². The molecule has 0 aliphatic rings. The predicted octanol–water partition coefficient (Wildman–Crippen LogP) is 3.14. The highest BCUT2D eigenvalue weighted by atomic mass is 32.2. The fraction of sp³-hybridized carbons (Fsp3) is 0.222. The molecule has 23 heavy (non-hydrogen) atoms. The van der Waals surface area contributed by atoms with Crippen LogP contribution in [0.3, 0.4) is 0 Å². The van der Waals surface area contributed by atoms with Gasteiger partial charge in [0.05, 0.1) is 11.3 Å². The molecular formula is C18H20N2O2S. The molecule has 0 radical (unpaired) electrons. The summed E-state index contributed by atoms with van der Waals surface area (Å²) in [6.45, 7) is 0. The van der Waals surface area contributed by atoms with Gasteiger partial charge in [0.25, 0.3) is 5.91 Å². The van der Waals surface area contributed by atoms with Crippen LogP contribution in [0.25, 0.3) is 0 Å². The van der Waals surface area contributed by atoms with Crippen LogP contribution in [-0.2, 0) is 4.79 Å². The summed E-state index contributed by atoms with van der Waals surface area (Å²) in [7, 11) is 5.20. The van der Waals surface area contributed by atoms with Gasteiger partial charge in [-0.15, -0.1) is 11.8 Å². The molecule has 5 heteroatoms. The summed E-state index contributed by atoms with van der Waals surface area (Å²) >= 11 is 1.39. The Morgan fingerprint density at radius 3 is 2.17 bits per heavy atom. The zero-order valence-corrected chi connectivity index (χ0v) is 14.3. The Morgan fingerprint density at radius 2 is 1.52 bits per heavy atom. The van der Waals surface area contributed by atoms with Gasteiger partial charge in [-0.1, -0.05) is 30.3 Å². The minimum Gasteiger partial charge on any atom is -0.348 e. The van der Waals surface area contributed by atoms with Crippen molar-refractivity contribution in [2.75, 3.05) is 31.8 Å². The molecule has 0 saturated heterocycles. The third-order valence-corrected chi connectivity index (χ3v) is 4.47. The fourth-order valence-corrected chi connectivity index (χ4v) is 3.01. The molecule has 2 rings (SSSR count). The SMILES string of the molecule is CN(C)C(=O)CSc1ccccc1C(=O)N(C)c1ccccc1. The Bertz CT molecular complexity index is 686. The summed E-state index contributed by atoms with van der Waals surface area (Å²) in [6.07, 6.45) is 0. The molecule has 0 heterocycles. The summed E-state index contributed by atoms with van der Waals surface area (Å²) in [5.41, 5.74) is 1.44. The zero-order valence-electron chi connectivity index (χ0n) is 13.5. The third-order valence-electron chi connectivity index (χ3n) is 3.42. The minimum atomic E-state index is -0.0865. The summed E-state index contributed by atoms with van der Waals surface area (Å²) < 4.78 is 0. The van der Waals surface area contributed by atoms with Gasteiger partial charge in [-0.3, -0.25) is 9.59 Å². The molecule has 4 nitrogen and oxygen atoms in total. The van der Waals surface area contributed by atoms with E-state index in [2.05, 4.69) is 0 Å². The lowest BCUT2D eigenvalue weighted by Gasteiger charge is -2.19. The van der Waals surface area contributed by atoms with Gasteiger partial charge in [-0.2, -0.15) is 0 Å². The van der Waals surface area contributed by atoms with Crippen LogP contribution < -0.4 is 4.90 Å². The first-order valence-electron chi connectivity index (χ1n) is 7.26. The van der Waals surface area contributed by atoms with E-state index in [0.717, 1.165) is 10.6 Å². The zero-order chi connectivity index (χ0) is 16.8. The number of carbonyl (C=O) groups is 2. The van der Waals surface area contributed by atoms with Gasteiger partial charge in [0.1, 0.15) is 0 Å². The second kappa shape index (κ2) is 7.83. The number of rotatable bonds is 5. The molecule has 2 amide bonds. The van der Waals surface area contributed by atoms with Crippen molar-refractivity contribution < 1.29 is 9.59 Å². The van der Waals surface area contributed by atoms with Gasteiger partial charge >= 0.3 is 0 Å². The lowest BCUT2D eigenvalue weighted by atomic mass is 10.2. The maximum atomic E-state index is 12.8. The Labute approximate surface area is 141 Å². The van der Waals surface area contributed by atoms with Crippen molar-refractivity contribution in [3.8, 4) is 0 Å². The van der Waals surface area contributed by atoms with E-state index in [-0.39, 0.29) is 11.8 Å². The molecule has 2 aromatic rings. The minimum absolute atomic E-state index is 0.0219. The number of hydrogen-bond donors (Lipinski definition) is 0. The number of carbonyl (C=O) groups excluding carboxylic acids is 2. The maximum absolute atomic E-state index is 12.8. The summed E-state index contributed by atoms with van der Waals surface area (Å²) in [4.78, 5) is 28.5. The van der Waals surface area contributed by atoms with Gasteiger partial charge in [0.2, 0.25) is 5.91 Å². The van der Waals surface area contributed by atoms with E-state index in [9.17, 15) is 9.59 Å². The van der Waals surface area contributed by atoms with Crippen LogP contribution in [0, 0.1) is 0 Å². The molecule has 0 spiro atoms. The molecule has 120 valence electrons. The standard InChI is InChI=1S/C18H20N2O2S/c1-19(2)17(21)13-23-16-12-8-7-11-15(16)18(22)20(3)14-9-5-4-6-10-14/h4-12H,13H2,1-3H3. The van der Waals surface area contributed by atoms with Gasteiger partial charge in [-0.25, -0.2) is 0 Å². The van der Waals surface area contributed by atoms with E-state index in [0.29, 0.717) is 11.3 Å². The lowest BCUT2D eigenvalue weighted by Crippen LogP contribution is -2.27. The molecule has 0 fully saturated rings. The first kappa shape index (κ1) is 17.1. The molecule has 0 saturated carbocycles. The molecule has 2 aromatic carbocycles. The topological polar surface area (TPSA) is 40.6 Å². The van der Waals surface area contributed by atoms with Crippen molar-refractivity contribution in [3.63, 3.8) is 0 Å². The van der Waals surface area contributed by atoms with Crippen molar-refractivity contribution in [1.29, 1.82) is 0 Å². The fourth-order valence-electron chi connectivity index (χ4n) is 1.99.